The zero-order valence-electron chi connectivity index (χ0n) is 14.1. The predicted octanol–water partition coefficient (Wildman–Crippen LogP) is 0.329. The number of hydroxylamine groups is 1. The van der Waals surface area contributed by atoms with Crippen LogP contribution in [0.25, 0.3) is 0 Å². The molecule has 26 heavy (non-hydrogen) atoms. The molecular weight excluding hydrogens is 332 g/mol. The van der Waals surface area contributed by atoms with Gasteiger partial charge in [0.1, 0.15) is 6.23 Å². The number of carbonyl (C=O) groups is 1. The van der Waals surface area contributed by atoms with Crippen LogP contribution in [0, 0.1) is 17.8 Å². The molecule has 0 bridgehead atoms. The molecule has 1 unspecified atom stereocenters. The Labute approximate surface area is 152 Å². The van der Waals surface area contributed by atoms with Crippen molar-refractivity contribution in [3.63, 3.8) is 0 Å². The Morgan fingerprint density at radius 3 is 2.42 bits per heavy atom. The van der Waals surface area contributed by atoms with Crippen LogP contribution in [-0.2, 0) is 4.79 Å². The highest BCUT2D eigenvalue weighted by molar-refractivity contribution is 5.77. The van der Waals surface area contributed by atoms with E-state index in [1.807, 2.05) is 18.2 Å². The number of hydrogen-bond acceptors (Lipinski definition) is 6. The fourth-order valence-electron chi connectivity index (χ4n) is 2.25. The summed E-state index contributed by atoms with van der Waals surface area (Å²) in [5.41, 5.74) is 15.7. The first kappa shape index (κ1) is 19.4. The summed E-state index contributed by atoms with van der Waals surface area (Å²) >= 11 is 0. The second-order valence-electron chi connectivity index (χ2n) is 5.68. The molecule has 1 amide bonds. The predicted molar refractivity (Wildman–Crippen MR) is 98.7 cm³/mol. The largest absolute Gasteiger partial charge is 0.398 e. The van der Waals surface area contributed by atoms with Crippen LogP contribution in [0.5, 0.6) is 0 Å². The molecule has 0 heterocycles. The van der Waals surface area contributed by atoms with E-state index < -0.39 is 18.1 Å². The molecule has 7 nitrogen and oxygen atoms in total. The van der Waals surface area contributed by atoms with Gasteiger partial charge in [-0.3, -0.25) is 15.3 Å². The van der Waals surface area contributed by atoms with Crippen LogP contribution in [0.1, 0.15) is 22.9 Å². The molecule has 2 aromatic carbocycles. The number of anilines is 1. The summed E-state index contributed by atoms with van der Waals surface area (Å²) in [6.45, 7) is 0.169. The molecular formula is C19H22N4O3. The maximum absolute atomic E-state index is 11.4. The SMILES string of the molecule is NC[C@H](CNC(O)c1ccc(C#Cc2ccccc2N)cc1)C(=O)NO. The molecule has 0 aliphatic heterocycles. The minimum atomic E-state index is -0.970. The zero-order chi connectivity index (χ0) is 18.9. The van der Waals surface area contributed by atoms with Gasteiger partial charge in [-0.05, 0) is 29.8 Å². The first-order chi connectivity index (χ1) is 12.5. The number of para-hydroxylation sites is 1. The fraction of sp³-hybridized carbons (Fsp3) is 0.211. The molecule has 0 aliphatic carbocycles. The van der Waals surface area contributed by atoms with E-state index in [2.05, 4.69) is 17.2 Å². The lowest BCUT2D eigenvalue weighted by Crippen LogP contribution is -2.40. The minimum absolute atomic E-state index is 0.0449. The van der Waals surface area contributed by atoms with Crippen LogP contribution >= 0.6 is 0 Å². The van der Waals surface area contributed by atoms with Crippen LogP contribution in [0.15, 0.2) is 48.5 Å². The summed E-state index contributed by atoms with van der Waals surface area (Å²) in [5, 5.41) is 21.6. The molecule has 2 rings (SSSR count). The maximum Gasteiger partial charge on any atom is 0.249 e. The van der Waals surface area contributed by atoms with E-state index in [-0.39, 0.29) is 13.1 Å². The molecule has 0 fully saturated rings. The highest BCUT2D eigenvalue weighted by Gasteiger charge is 2.17. The minimum Gasteiger partial charge on any atom is -0.398 e. The van der Waals surface area contributed by atoms with Crippen molar-refractivity contribution < 1.29 is 15.1 Å². The Bertz CT molecular complexity index is 796. The van der Waals surface area contributed by atoms with Gasteiger partial charge in [0.15, 0.2) is 0 Å². The molecule has 0 aliphatic rings. The third kappa shape index (κ3) is 5.31. The number of nitrogens with one attached hydrogen (secondary N) is 2. The van der Waals surface area contributed by atoms with Crippen LogP contribution in [0.4, 0.5) is 5.69 Å². The third-order valence-electron chi connectivity index (χ3n) is 3.85. The van der Waals surface area contributed by atoms with Crippen molar-refractivity contribution in [2.75, 3.05) is 18.8 Å². The summed E-state index contributed by atoms with van der Waals surface area (Å²) < 4.78 is 0. The standard InChI is InChI=1S/C19H22N4O3/c20-11-16(19(25)23-26)12-22-18(24)15-9-6-13(7-10-15)5-8-14-3-1-2-4-17(14)21/h1-4,6-7,9-10,16,18,22,24,26H,11-12,20-21H2,(H,23,25)/t16-,18?/m1/s1. The average molecular weight is 354 g/mol. The number of nitrogen functional groups attached to an aromatic ring is 1. The van der Waals surface area contributed by atoms with Gasteiger partial charge in [-0.2, -0.15) is 0 Å². The second kappa shape index (κ2) is 9.56. The molecule has 0 saturated heterocycles. The van der Waals surface area contributed by atoms with Crippen molar-refractivity contribution in [3.05, 3.63) is 65.2 Å². The second-order valence-corrected chi connectivity index (χ2v) is 5.68. The topological polar surface area (TPSA) is 134 Å². The lowest BCUT2D eigenvalue weighted by atomic mass is 10.1. The first-order valence-electron chi connectivity index (χ1n) is 8.07. The molecule has 2 atom stereocenters. The molecule has 7 heteroatoms. The summed E-state index contributed by atoms with van der Waals surface area (Å²) in [5.74, 6) is 4.79. The summed E-state index contributed by atoms with van der Waals surface area (Å²) in [6.07, 6.45) is -0.970. The van der Waals surface area contributed by atoms with Gasteiger partial charge in [-0.25, -0.2) is 5.48 Å². The van der Waals surface area contributed by atoms with E-state index in [4.69, 9.17) is 16.7 Å². The number of carbonyl (C=O) groups excluding carboxylic acids is 1. The van der Waals surface area contributed by atoms with Gasteiger partial charge in [-0.1, -0.05) is 36.1 Å². The molecule has 0 aromatic heterocycles. The zero-order valence-corrected chi connectivity index (χ0v) is 14.1. The van der Waals surface area contributed by atoms with Crippen molar-refractivity contribution in [2.45, 2.75) is 6.23 Å². The number of aliphatic hydroxyl groups excluding tert-OH is 1. The molecule has 0 radical (unpaired) electrons. The number of amides is 1. The van der Waals surface area contributed by atoms with E-state index in [0.29, 0.717) is 11.3 Å². The number of nitrogens with two attached hydrogens (primary N) is 2. The third-order valence-corrected chi connectivity index (χ3v) is 3.85. The van der Waals surface area contributed by atoms with Crippen molar-refractivity contribution in [1.82, 2.24) is 10.8 Å². The van der Waals surface area contributed by atoms with Crippen molar-refractivity contribution in [2.24, 2.45) is 11.7 Å². The Morgan fingerprint density at radius 1 is 1.12 bits per heavy atom. The molecule has 0 spiro atoms. The van der Waals surface area contributed by atoms with Gasteiger partial charge in [0.2, 0.25) is 5.91 Å². The summed E-state index contributed by atoms with van der Waals surface area (Å²) in [7, 11) is 0. The number of hydrogen-bond donors (Lipinski definition) is 6. The van der Waals surface area contributed by atoms with E-state index in [9.17, 15) is 9.90 Å². The normalized spacial score (nSPS) is 12.6. The van der Waals surface area contributed by atoms with Gasteiger partial charge in [0.05, 0.1) is 5.92 Å². The average Bonchev–Trinajstić information content (AvgIpc) is 2.67. The number of rotatable bonds is 6. The molecule has 136 valence electrons. The fourth-order valence-corrected chi connectivity index (χ4v) is 2.25. The highest BCUT2D eigenvalue weighted by Crippen LogP contribution is 2.13. The quantitative estimate of drug-likeness (QED) is 0.146. The Balaban J connectivity index is 1.99. The highest BCUT2D eigenvalue weighted by atomic mass is 16.5. The van der Waals surface area contributed by atoms with Crippen molar-refractivity contribution in [1.29, 1.82) is 0 Å². The van der Waals surface area contributed by atoms with Crippen LogP contribution in [0.3, 0.4) is 0 Å². The van der Waals surface area contributed by atoms with Crippen LogP contribution < -0.4 is 22.3 Å². The lowest BCUT2D eigenvalue weighted by molar-refractivity contribution is -0.133. The molecule has 8 N–H and O–H groups in total. The summed E-state index contributed by atoms with van der Waals surface area (Å²) in [6, 6.07) is 14.4. The van der Waals surface area contributed by atoms with Gasteiger partial charge in [0, 0.05) is 29.9 Å². The van der Waals surface area contributed by atoms with Gasteiger partial charge in [0.25, 0.3) is 0 Å². The van der Waals surface area contributed by atoms with Crippen LogP contribution in [0.2, 0.25) is 0 Å². The monoisotopic (exact) mass is 354 g/mol. The molecule has 0 saturated carbocycles. The van der Waals surface area contributed by atoms with E-state index in [1.165, 1.54) is 0 Å². The van der Waals surface area contributed by atoms with Gasteiger partial charge >= 0.3 is 0 Å². The van der Waals surface area contributed by atoms with Crippen molar-refractivity contribution in [3.8, 4) is 11.8 Å². The van der Waals surface area contributed by atoms with E-state index >= 15 is 0 Å². The maximum atomic E-state index is 11.4. The van der Waals surface area contributed by atoms with E-state index in [0.717, 1.165) is 11.1 Å². The van der Waals surface area contributed by atoms with Gasteiger partial charge in [-0.15, -0.1) is 0 Å². The first-order valence-corrected chi connectivity index (χ1v) is 8.07. The number of aliphatic hydroxyl groups is 1. The smallest absolute Gasteiger partial charge is 0.249 e. The van der Waals surface area contributed by atoms with Crippen molar-refractivity contribution >= 4 is 11.6 Å². The Hall–Kier alpha value is -2.89. The Kier molecular flexibility index (Phi) is 7.14. The van der Waals surface area contributed by atoms with Crippen LogP contribution in [-0.4, -0.2) is 29.3 Å². The summed E-state index contributed by atoms with van der Waals surface area (Å²) in [4.78, 5) is 11.4. The molecule has 2 aromatic rings. The lowest BCUT2D eigenvalue weighted by Gasteiger charge is -2.17. The van der Waals surface area contributed by atoms with E-state index in [1.54, 1.807) is 35.8 Å². The van der Waals surface area contributed by atoms with Gasteiger partial charge < -0.3 is 16.6 Å². The number of benzene rings is 2. The Morgan fingerprint density at radius 2 is 1.81 bits per heavy atom.